The summed E-state index contributed by atoms with van der Waals surface area (Å²) in [6.45, 7) is 6.34. The minimum Gasteiger partial charge on any atom is -0.357 e. The summed E-state index contributed by atoms with van der Waals surface area (Å²) in [5, 5.41) is 6.64. The molecule has 0 radical (unpaired) electrons. The van der Waals surface area contributed by atoms with Crippen LogP contribution >= 0.6 is 0 Å². The maximum atomic E-state index is 12.1. The van der Waals surface area contributed by atoms with Crippen molar-refractivity contribution < 1.29 is 4.79 Å². The Morgan fingerprint density at radius 3 is 2.44 bits per heavy atom. The minimum atomic E-state index is 0.0257. The first-order valence-corrected chi connectivity index (χ1v) is 9.38. The van der Waals surface area contributed by atoms with E-state index in [0.29, 0.717) is 6.54 Å². The molecule has 27 heavy (non-hydrogen) atoms. The van der Waals surface area contributed by atoms with Gasteiger partial charge in [0.15, 0.2) is 5.96 Å². The second-order valence-corrected chi connectivity index (χ2v) is 6.76. The molecule has 0 unspecified atom stereocenters. The Hall–Kier alpha value is -2.82. The lowest BCUT2D eigenvalue weighted by atomic mass is 10.1. The number of carbonyl (C=O) groups excluding carboxylic acids is 1. The zero-order valence-corrected chi connectivity index (χ0v) is 16.7. The zero-order chi connectivity index (χ0) is 19.6. The van der Waals surface area contributed by atoms with Crippen LogP contribution in [0.5, 0.6) is 0 Å². The number of rotatable bonds is 7. The third kappa shape index (κ3) is 6.77. The van der Waals surface area contributed by atoms with Gasteiger partial charge in [0.25, 0.3) is 5.91 Å². The first-order valence-electron chi connectivity index (χ1n) is 9.38. The molecule has 0 aliphatic carbocycles. The molecule has 0 atom stereocenters. The first-order chi connectivity index (χ1) is 13.0. The van der Waals surface area contributed by atoms with Crippen LogP contribution in [-0.2, 0) is 13.0 Å². The number of hydrogen-bond acceptors (Lipinski definition) is 2. The molecule has 0 saturated carbocycles. The van der Waals surface area contributed by atoms with Crippen molar-refractivity contribution in [1.29, 1.82) is 0 Å². The molecule has 0 spiro atoms. The lowest BCUT2D eigenvalue weighted by molar-refractivity contribution is 0.0827. The van der Waals surface area contributed by atoms with Gasteiger partial charge in [-0.1, -0.05) is 42.0 Å². The van der Waals surface area contributed by atoms with E-state index in [-0.39, 0.29) is 5.91 Å². The highest BCUT2D eigenvalue weighted by atomic mass is 16.2. The van der Waals surface area contributed by atoms with Crippen molar-refractivity contribution in [3.05, 3.63) is 70.8 Å². The number of benzene rings is 2. The van der Waals surface area contributed by atoms with Gasteiger partial charge < -0.3 is 15.5 Å². The van der Waals surface area contributed by atoms with Crippen LogP contribution in [0.15, 0.2) is 53.5 Å². The second kappa shape index (κ2) is 10.4. The van der Waals surface area contributed by atoms with Crippen LogP contribution in [0.4, 0.5) is 0 Å². The molecule has 0 aliphatic rings. The smallest absolute Gasteiger partial charge is 0.253 e. The van der Waals surface area contributed by atoms with E-state index in [1.807, 2.05) is 24.3 Å². The van der Waals surface area contributed by atoms with Crippen LogP contribution in [0.3, 0.4) is 0 Å². The third-order valence-corrected chi connectivity index (χ3v) is 4.17. The summed E-state index contributed by atoms with van der Waals surface area (Å²) >= 11 is 0. The summed E-state index contributed by atoms with van der Waals surface area (Å²) in [6, 6.07) is 16.2. The summed E-state index contributed by atoms with van der Waals surface area (Å²) < 4.78 is 0. The Morgan fingerprint density at radius 2 is 1.78 bits per heavy atom. The van der Waals surface area contributed by atoms with Gasteiger partial charge in [-0.15, -0.1) is 0 Å². The molecule has 144 valence electrons. The summed E-state index contributed by atoms with van der Waals surface area (Å²) in [7, 11) is 3.54. The van der Waals surface area contributed by atoms with Crippen LogP contribution in [0, 0.1) is 6.92 Å². The van der Waals surface area contributed by atoms with Crippen molar-refractivity contribution in [3.63, 3.8) is 0 Å². The number of guanidine groups is 1. The Balaban J connectivity index is 1.92. The molecule has 1 amide bonds. The second-order valence-electron chi connectivity index (χ2n) is 6.76. The summed E-state index contributed by atoms with van der Waals surface area (Å²) in [5.74, 6) is 0.830. The number of carbonyl (C=O) groups is 1. The van der Waals surface area contributed by atoms with E-state index < -0.39 is 0 Å². The molecule has 0 aromatic heterocycles. The fraction of sp³-hybridized carbons (Fsp3) is 0.364. The lowest BCUT2D eigenvalue weighted by Crippen LogP contribution is -2.38. The van der Waals surface area contributed by atoms with Crippen LogP contribution in [-0.4, -0.2) is 44.0 Å². The Kier molecular flexibility index (Phi) is 7.86. The predicted molar refractivity (Wildman–Crippen MR) is 112 cm³/mol. The molecule has 2 rings (SSSR count). The standard InChI is InChI=1S/C22H30N4O/c1-5-23-22(25-16-19-11-9-17(2)10-12-19)24-14-13-18-7-6-8-20(15-18)21(27)26(3)4/h6-12,15H,5,13-14,16H2,1-4H3,(H2,23,24,25). The zero-order valence-electron chi connectivity index (χ0n) is 16.7. The average molecular weight is 367 g/mol. The highest BCUT2D eigenvalue weighted by Gasteiger charge is 2.08. The number of amides is 1. The van der Waals surface area contributed by atoms with Gasteiger partial charge in [-0.25, -0.2) is 4.99 Å². The van der Waals surface area contributed by atoms with E-state index in [0.717, 1.165) is 36.6 Å². The highest BCUT2D eigenvalue weighted by molar-refractivity contribution is 5.94. The van der Waals surface area contributed by atoms with Crippen molar-refractivity contribution in [3.8, 4) is 0 Å². The molecule has 0 saturated heterocycles. The summed E-state index contributed by atoms with van der Waals surface area (Å²) in [5.41, 5.74) is 4.29. The van der Waals surface area contributed by atoms with Crippen molar-refractivity contribution in [2.45, 2.75) is 26.8 Å². The van der Waals surface area contributed by atoms with E-state index in [4.69, 9.17) is 0 Å². The molecular weight excluding hydrogens is 336 g/mol. The van der Waals surface area contributed by atoms with Crippen molar-refractivity contribution in [2.24, 2.45) is 4.99 Å². The molecule has 5 nitrogen and oxygen atoms in total. The molecule has 0 heterocycles. The summed E-state index contributed by atoms with van der Waals surface area (Å²) in [4.78, 5) is 18.3. The first kappa shape index (κ1) is 20.5. The van der Waals surface area contributed by atoms with Crippen molar-refractivity contribution in [1.82, 2.24) is 15.5 Å². The Morgan fingerprint density at radius 1 is 1.04 bits per heavy atom. The fourth-order valence-electron chi connectivity index (χ4n) is 2.65. The number of nitrogens with one attached hydrogen (secondary N) is 2. The molecule has 5 heteroatoms. The molecular formula is C22H30N4O. The maximum absolute atomic E-state index is 12.1. The maximum Gasteiger partial charge on any atom is 0.253 e. The largest absolute Gasteiger partial charge is 0.357 e. The monoisotopic (exact) mass is 366 g/mol. The van der Waals surface area contributed by atoms with Gasteiger partial charge in [0.05, 0.1) is 6.54 Å². The summed E-state index contributed by atoms with van der Waals surface area (Å²) in [6.07, 6.45) is 0.823. The van der Waals surface area contributed by atoms with Crippen molar-refractivity contribution in [2.75, 3.05) is 27.2 Å². The lowest BCUT2D eigenvalue weighted by Gasteiger charge is -2.13. The molecule has 0 bridgehead atoms. The molecule has 2 aromatic rings. The van der Waals surface area contributed by atoms with Gasteiger partial charge in [0.1, 0.15) is 0 Å². The molecule has 0 fully saturated rings. The highest BCUT2D eigenvalue weighted by Crippen LogP contribution is 2.08. The Bertz CT molecular complexity index is 766. The van der Waals surface area contributed by atoms with E-state index in [1.165, 1.54) is 11.1 Å². The van der Waals surface area contributed by atoms with Gasteiger partial charge >= 0.3 is 0 Å². The van der Waals surface area contributed by atoms with E-state index in [1.54, 1.807) is 19.0 Å². The number of aryl methyl sites for hydroxylation is 1. The van der Waals surface area contributed by atoms with Crippen LogP contribution in [0.25, 0.3) is 0 Å². The van der Waals surface area contributed by atoms with Gasteiger partial charge in [-0.05, 0) is 43.5 Å². The quantitative estimate of drug-likeness (QED) is 0.585. The topological polar surface area (TPSA) is 56.7 Å². The normalized spacial score (nSPS) is 11.2. The predicted octanol–water partition coefficient (Wildman–Crippen LogP) is 2.99. The molecule has 2 N–H and O–H groups in total. The minimum absolute atomic E-state index is 0.0257. The van der Waals surface area contributed by atoms with Gasteiger partial charge in [-0.2, -0.15) is 0 Å². The van der Waals surface area contributed by atoms with Gasteiger partial charge in [0, 0.05) is 32.7 Å². The van der Waals surface area contributed by atoms with Crippen molar-refractivity contribution >= 4 is 11.9 Å². The number of hydrogen-bond donors (Lipinski definition) is 2. The molecule has 2 aromatic carbocycles. The third-order valence-electron chi connectivity index (χ3n) is 4.17. The molecule has 0 aliphatic heterocycles. The van der Waals surface area contributed by atoms with E-state index in [9.17, 15) is 4.79 Å². The van der Waals surface area contributed by atoms with Gasteiger partial charge in [0.2, 0.25) is 0 Å². The van der Waals surface area contributed by atoms with Crippen LogP contribution < -0.4 is 10.6 Å². The van der Waals surface area contributed by atoms with E-state index >= 15 is 0 Å². The van der Waals surface area contributed by atoms with Crippen LogP contribution in [0.1, 0.15) is 34.0 Å². The van der Waals surface area contributed by atoms with Gasteiger partial charge in [-0.3, -0.25) is 4.79 Å². The van der Waals surface area contributed by atoms with Crippen LogP contribution in [0.2, 0.25) is 0 Å². The fourth-order valence-corrected chi connectivity index (χ4v) is 2.65. The SMILES string of the molecule is CCNC(=NCc1ccc(C)cc1)NCCc1cccc(C(=O)N(C)C)c1. The Labute approximate surface area is 162 Å². The number of aliphatic imine (C=N–C) groups is 1. The average Bonchev–Trinajstić information content (AvgIpc) is 2.67. The number of nitrogens with zero attached hydrogens (tertiary/aromatic N) is 2. The van der Waals surface area contributed by atoms with E-state index in [2.05, 4.69) is 53.7 Å².